The van der Waals surface area contributed by atoms with Crippen molar-refractivity contribution < 1.29 is 19.2 Å². The van der Waals surface area contributed by atoms with E-state index in [-0.39, 0.29) is 17.7 Å². The van der Waals surface area contributed by atoms with Crippen molar-refractivity contribution in [1.82, 2.24) is 5.16 Å². The van der Waals surface area contributed by atoms with E-state index in [1.54, 1.807) is 6.07 Å². The third-order valence-electron chi connectivity index (χ3n) is 4.70. The molecule has 3 rings (SSSR count). The Bertz CT molecular complexity index is 601. The molecule has 1 aromatic rings. The Hall–Kier alpha value is -2.11. The third kappa shape index (κ3) is 2.14. The van der Waals surface area contributed by atoms with Crippen molar-refractivity contribution in [2.24, 2.45) is 23.7 Å². The van der Waals surface area contributed by atoms with Crippen molar-refractivity contribution in [2.75, 3.05) is 5.32 Å². The third-order valence-corrected chi connectivity index (χ3v) is 4.70. The lowest BCUT2D eigenvalue weighted by molar-refractivity contribution is -0.148. The smallest absolute Gasteiger partial charge is 0.307 e. The summed E-state index contributed by atoms with van der Waals surface area (Å²) in [4.78, 5) is 24.1. The van der Waals surface area contributed by atoms with Gasteiger partial charge >= 0.3 is 5.97 Å². The fraction of sp³-hybridized carbons (Fsp3) is 0.533. The normalized spacial score (nSPS) is 30.5. The zero-order valence-corrected chi connectivity index (χ0v) is 12.0. The second-order valence-corrected chi connectivity index (χ2v) is 6.01. The van der Waals surface area contributed by atoms with Crippen LogP contribution in [0.1, 0.15) is 26.7 Å². The highest BCUT2D eigenvalue weighted by molar-refractivity contribution is 5.96. The summed E-state index contributed by atoms with van der Waals surface area (Å²) in [6.45, 7) is 3.99. The van der Waals surface area contributed by atoms with E-state index in [0.717, 1.165) is 18.4 Å². The van der Waals surface area contributed by atoms with Crippen LogP contribution in [0.15, 0.2) is 28.0 Å². The van der Waals surface area contributed by atoms with Gasteiger partial charge in [-0.1, -0.05) is 16.3 Å². The minimum Gasteiger partial charge on any atom is -0.481 e. The zero-order chi connectivity index (χ0) is 15.1. The molecule has 21 heavy (non-hydrogen) atoms. The quantitative estimate of drug-likeness (QED) is 0.833. The fourth-order valence-electron chi connectivity index (χ4n) is 4.09. The lowest BCUT2D eigenvalue weighted by Gasteiger charge is -2.25. The Morgan fingerprint density at radius 2 is 1.95 bits per heavy atom. The highest BCUT2D eigenvalue weighted by atomic mass is 16.5. The zero-order valence-electron chi connectivity index (χ0n) is 12.0. The van der Waals surface area contributed by atoms with Crippen LogP contribution in [0.25, 0.3) is 0 Å². The van der Waals surface area contributed by atoms with Gasteiger partial charge in [0.15, 0.2) is 5.82 Å². The number of rotatable bonds is 3. The molecular formula is C15H18N2O4. The molecule has 0 radical (unpaired) electrons. The molecule has 1 aromatic heterocycles. The van der Waals surface area contributed by atoms with E-state index in [9.17, 15) is 14.7 Å². The first-order valence-electron chi connectivity index (χ1n) is 7.12. The predicted octanol–water partition coefficient (Wildman–Crippen LogP) is 2.31. The summed E-state index contributed by atoms with van der Waals surface area (Å²) < 4.78 is 4.68. The SMILES string of the molecule is CC(C)=C1[C@H]2CC[C@@H]1[C@H](C(=O)O)[C@@H]2C(=O)Nc1ccon1. The van der Waals surface area contributed by atoms with Gasteiger partial charge in [0.25, 0.3) is 0 Å². The van der Waals surface area contributed by atoms with Gasteiger partial charge in [-0.15, -0.1) is 0 Å². The van der Waals surface area contributed by atoms with Gasteiger partial charge in [0.1, 0.15) is 6.26 Å². The number of hydrogen-bond acceptors (Lipinski definition) is 4. The average molecular weight is 290 g/mol. The molecule has 4 atom stereocenters. The monoisotopic (exact) mass is 290 g/mol. The number of nitrogens with one attached hydrogen (secondary N) is 1. The van der Waals surface area contributed by atoms with Crippen LogP contribution >= 0.6 is 0 Å². The highest BCUT2D eigenvalue weighted by Gasteiger charge is 2.57. The number of hydrogen-bond donors (Lipinski definition) is 2. The fourth-order valence-corrected chi connectivity index (χ4v) is 4.09. The number of carboxylic acid groups (broad SMARTS) is 1. The molecule has 2 saturated carbocycles. The molecule has 2 aliphatic rings. The van der Waals surface area contributed by atoms with Gasteiger partial charge in [0, 0.05) is 6.07 Å². The minimum absolute atomic E-state index is 0.00874. The molecular weight excluding hydrogens is 272 g/mol. The van der Waals surface area contributed by atoms with E-state index in [2.05, 4.69) is 15.0 Å². The number of fused-ring (bicyclic) bond motifs is 2. The van der Waals surface area contributed by atoms with Crippen LogP contribution in [0.5, 0.6) is 0 Å². The number of aliphatic carboxylic acids is 1. The van der Waals surface area contributed by atoms with Crippen LogP contribution < -0.4 is 5.32 Å². The van der Waals surface area contributed by atoms with Crippen LogP contribution in [-0.2, 0) is 9.59 Å². The number of carboxylic acids is 1. The largest absolute Gasteiger partial charge is 0.481 e. The summed E-state index contributed by atoms with van der Waals surface area (Å²) in [6.07, 6.45) is 3.11. The maximum Gasteiger partial charge on any atom is 0.307 e. The van der Waals surface area contributed by atoms with Gasteiger partial charge in [0.2, 0.25) is 5.91 Å². The summed E-state index contributed by atoms with van der Waals surface area (Å²) in [5.41, 5.74) is 2.31. The molecule has 2 N–H and O–H groups in total. The van der Waals surface area contributed by atoms with Gasteiger partial charge in [-0.2, -0.15) is 0 Å². The first-order valence-corrected chi connectivity index (χ1v) is 7.12. The summed E-state index contributed by atoms with van der Waals surface area (Å²) in [5, 5.41) is 15.9. The molecule has 1 heterocycles. The summed E-state index contributed by atoms with van der Waals surface area (Å²) >= 11 is 0. The first kappa shape index (κ1) is 13.9. The molecule has 2 fully saturated rings. The lowest BCUT2D eigenvalue weighted by Crippen LogP contribution is -2.37. The Kier molecular flexibility index (Phi) is 3.31. The van der Waals surface area contributed by atoms with Gasteiger partial charge < -0.3 is 14.9 Å². The van der Waals surface area contributed by atoms with Crippen molar-refractivity contribution in [2.45, 2.75) is 26.7 Å². The van der Waals surface area contributed by atoms with E-state index in [0.29, 0.717) is 5.82 Å². The molecule has 6 heteroatoms. The van der Waals surface area contributed by atoms with E-state index in [1.807, 2.05) is 13.8 Å². The second-order valence-electron chi connectivity index (χ2n) is 6.01. The van der Waals surface area contributed by atoms with Crippen LogP contribution in [0.4, 0.5) is 5.82 Å². The van der Waals surface area contributed by atoms with E-state index in [1.165, 1.54) is 11.8 Å². The van der Waals surface area contributed by atoms with Gasteiger partial charge in [-0.05, 0) is 38.5 Å². The Labute approximate surface area is 122 Å². The van der Waals surface area contributed by atoms with Crippen molar-refractivity contribution in [1.29, 1.82) is 0 Å². The van der Waals surface area contributed by atoms with E-state index in [4.69, 9.17) is 0 Å². The number of allylic oxidation sites excluding steroid dienone is 2. The van der Waals surface area contributed by atoms with Crippen molar-refractivity contribution >= 4 is 17.7 Å². The average Bonchev–Trinajstić information content (AvgIpc) is 3.11. The van der Waals surface area contributed by atoms with Crippen LogP contribution in [0, 0.1) is 23.7 Å². The van der Waals surface area contributed by atoms with Crippen LogP contribution in [0.3, 0.4) is 0 Å². The minimum atomic E-state index is -0.888. The molecule has 112 valence electrons. The molecule has 0 saturated heterocycles. The maximum absolute atomic E-state index is 12.5. The number of carbonyl (C=O) groups is 2. The molecule has 0 unspecified atom stereocenters. The van der Waals surface area contributed by atoms with Crippen molar-refractivity contribution in [3.05, 3.63) is 23.5 Å². The Morgan fingerprint density at radius 3 is 2.48 bits per heavy atom. The standard InChI is InChI=1S/C15H18N2O4/c1-7(2)11-8-3-4-9(11)13(15(19)20)12(8)14(18)16-10-5-6-21-17-10/h5-6,8-9,12-13H,3-4H2,1-2H3,(H,19,20)(H,16,17,18)/t8-,9+,12-,13+/m1/s1. The molecule has 2 aliphatic carbocycles. The van der Waals surface area contributed by atoms with Crippen molar-refractivity contribution in [3.63, 3.8) is 0 Å². The number of aromatic nitrogens is 1. The summed E-state index contributed by atoms with van der Waals surface area (Å²) in [5.74, 6) is -1.98. The topological polar surface area (TPSA) is 92.4 Å². The second kappa shape index (κ2) is 5.02. The molecule has 1 amide bonds. The lowest BCUT2D eigenvalue weighted by atomic mass is 9.79. The number of nitrogens with zero attached hydrogens (tertiary/aromatic N) is 1. The Morgan fingerprint density at radius 1 is 1.29 bits per heavy atom. The van der Waals surface area contributed by atoms with Gasteiger partial charge in [0.05, 0.1) is 11.8 Å². The number of carbonyl (C=O) groups excluding carboxylic acids is 1. The molecule has 0 aliphatic heterocycles. The van der Waals surface area contributed by atoms with Crippen LogP contribution in [-0.4, -0.2) is 22.1 Å². The van der Waals surface area contributed by atoms with Crippen LogP contribution in [0.2, 0.25) is 0 Å². The molecule has 0 spiro atoms. The van der Waals surface area contributed by atoms with Crippen molar-refractivity contribution in [3.8, 4) is 0 Å². The maximum atomic E-state index is 12.5. The van der Waals surface area contributed by atoms with E-state index >= 15 is 0 Å². The number of amides is 1. The van der Waals surface area contributed by atoms with Gasteiger partial charge in [-0.25, -0.2) is 0 Å². The molecule has 0 aromatic carbocycles. The first-order chi connectivity index (χ1) is 10.0. The van der Waals surface area contributed by atoms with E-state index < -0.39 is 17.8 Å². The Balaban J connectivity index is 1.91. The highest BCUT2D eigenvalue weighted by Crippen LogP contribution is 2.57. The number of anilines is 1. The molecule has 6 nitrogen and oxygen atoms in total. The predicted molar refractivity (Wildman–Crippen MR) is 74.3 cm³/mol. The summed E-state index contributed by atoms with van der Waals surface area (Å²) in [6, 6.07) is 1.54. The summed E-state index contributed by atoms with van der Waals surface area (Å²) in [7, 11) is 0. The molecule has 2 bridgehead atoms. The van der Waals surface area contributed by atoms with Gasteiger partial charge in [-0.3, -0.25) is 9.59 Å².